The van der Waals surface area contributed by atoms with Crippen LogP contribution in [0.4, 0.5) is 4.79 Å². The monoisotopic (exact) mass is 618 g/mol. The Bertz CT molecular complexity index is 740. The molecule has 0 aliphatic carbocycles. The van der Waals surface area contributed by atoms with Crippen molar-refractivity contribution in [1.82, 2.24) is 10.6 Å². The second-order valence-electron chi connectivity index (χ2n) is 12.8. The Balaban J connectivity index is 4.23. The lowest BCUT2D eigenvalue weighted by Gasteiger charge is -2.35. The molecule has 0 aromatic heterocycles. The fraction of sp³-hybridized carbons (Fsp3) is 0.906. The molecule has 2 N–H and O–H groups in total. The SMILES string of the molecule is CCCCC(CCCC)(CCCNC(=O)OC(C)(C)C)NC(=O)COCCOCCOCCOCCC(=O)OC(C)(C)C. The smallest absolute Gasteiger partial charge is 0.407 e. The van der Waals surface area contributed by atoms with Gasteiger partial charge in [-0.15, -0.1) is 0 Å². The van der Waals surface area contributed by atoms with Crippen LogP contribution in [0, 0.1) is 0 Å². The average Bonchev–Trinajstić information content (AvgIpc) is 2.89. The standard InChI is InChI=1S/C32H62N2O9/c1-9-11-15-32(16-12-10-2,17-13-18-33-29(37)43-31(6,7)8)34-27(35)26-41-25-24-40-23-22-39-21-20-38-19-14-28(36)42-30(3,4)5/h9-26H2,1-8H3,(H,33,37)(H,34,35). The van der Waals surface area contributed by atoms with Gasteiger partial charge in [0.05, 0.1) is 52.7 Å². The van der Waals surface area contributed by atoms with Gasteiger partial charge < -0.3 is 39.1 Å². The van der Waals surface area contributed by atoms with Gasteiger partial charge in [0.15, 0.2) is 0 Å². The van der Waals surface area contributed by atoms with Crippen molar-refractivity contribution in [2.45, 2.75) is 130 Å². The zero-order chi connectivity index (χ0) is 32.6. The highest BCUT2D eigenvalue weighted by Crippen LogP contribution is 2.27. The van der Waals surface area contributed by atoms with Gasteiger partial charge in [-0.2, -0.15) is 0 Å². The summed E-state index contributed by atoms with van der Waals surface area (Å²) in [6.07, 6.45) is 7.18. The maximum atomic E-state index is 12.8. The van der Waals surface area contributed by atoms with Crippen LogP contribution in [0.1, 0.15) is 113 Å². The molecule has 0 saturated heterocycles. The summed E-state index contributed by atoms with van der Waals surface area (Å²) in [5.41, 5.74) is -1.35. The molecule has 0 fully saturated rings. The molecule has 0 aliphatic rings. The summed E-state index contributed by atoms with van der Waals surface area (Å²) in [6, 6.07) is 0. The van der Waals surface area contributed by atoms with Gasteiger partial charge in [-0.25, -0.2) is 4.79 Å². The van der Waals surface area contributed by atoms with E-state index >= 15 is 0 Å². The van der Waals surface area contributed by atoms with Gasteiger partial charge in [0.2, 0.25) is 5.91 Å². The Kier molecular flexibility index (Phi) is 22.4. The van der Waals surface area contributed by atoms with E-state index in [9.17, 15) is 14.4 Å². The molecule has 11 nitrogen and oxygen atoms in total. The van der Waals surface area contributed by atoms with Crippen molar-refractivity contribution in [2.24, 2.45) is 0 Å². The summed E-state index contributed by atoms with van der Waals surface area (Å²) in [4.78, 5) is 36.5. The predicted octanol–water partition coefficient (Wildman–Crippen LogP) is 5.32. The molecule has 0 aromatic rings. The van der Waals surface area contributed by atoms with Crippen LogP contribution in [0.15, 0.2) is 0 Å². The van der Waals surface area contributed by atoms with E-state index in [1.165, 1.54) is 0 Å². The topological polar surface area (TPSA) is 131 Å². The van der Waals surface area contributed by atoms with Crippen LogP contribution in [0.25, 0.3) is 0 Å². The molecule has 0 atom stereocenters. The molecule has 0 aromatic carbocycles. The number of ether oxygens (including phenoxy) is 6. The predicted molar refractivity (Wildman–Crippen MR) is 167 cm³/mol. The number of nitrogens with one attached hydrogen (secondary N) is 2. The number of carbonyl (C=O) groups excluding carboxylic acids is 3. The molecule has 0 saturated carbocycles. The van der Waals surface area contributed by atoms with Crippen LogP contribution in [0.2, 0.25) is 0 Å². The zero-order valence-electron chi connectivity index (χ0n) is 28.4. The number of hydrogen-bond acceptors (Lipinski definition) is 9. The molecule has 2 amide bonds. The van der Waals surface area contributed by atoms with Crippen LogP contribution in [-0.4, -0.2) is 94.1 Å². The number of esters is 1. The fourth-order valence-corrected chi connectivity index (χ4v) is 4.23. The minimum Gasteiger partial charge on any atom is -0.460 e. The van der Waals surface area contributed by atoms with Crippen molar-refractivity contribution in [1.29, 1.82) is 0 Å². The summed E-state index contributed by atoms with van der Waals surface area (Å²) in [5, 5.41) is 6.10. The van der Waals surface area contributed by atoms with Crippen molar-refractivity contribution >= 4 is 18.0 Å². The first-order chi connectivity index (χ1) is 20.2. The number of carbonyl (C=O) groups is 3. The van der Waals surface area contributed by atoms with Gasteiger partial charge in [0, 0.05) is 12.1 Å². The normalized spacial score (nSPS) is 12.2. The molecule has 0 radical (unpaired) electrons. The van der Waals surface area contributed by atoms with E-state index in [-0.39, 0.29) is 30.4 Å². The molecule has 0 aliphatic heterocycles. The Morgan fingerprint density at radius 3 is 1.56 bits per heavy atom. The van der Waals surface area contributed by atoms with Crippen molar-refractivity contribution < 1.29 is 42.8 Å². The highest BCUT2D eigenvalue weighted by atomic mass is 16.6. The first-order valence-electron chi connectivity index (χ1n) is 16.0. The first-order valence-corrected chi connectivity index (χ1v) is 16.0. The Morgan fingerprint density at radius 1 is 0.605 bits per heavy atom. The van der Waals surface area contributed by atoms with Gasteiger partial charge in [-0.05, 0) is 67.2 Å². The summed E-state index contributed by atoms with van der Waals surface area (Å²) in [6.45, 7) is 18.3. The molecular weight excluding hydrogens is 556 g/mol. The van der Waals surface area contributed by atoms with Gasteiger partial charge >= 0.3 is 12.1 Å². The second kappa shape index (κ2) is 23.4. The molecule has 43 heavy (non-hydrogen) atoms. The maximum Gasteiger partial charge on any atom is 0.407 e. The van der Waals surface area contributed by atoms with Gasteiger partial charge in [-0.3, -0.25) is 9.59 Å². The van der Waals surface area contributed by atoms with Crippen LogP contribution >= 0.6 is 0 Å². The van der Waals surface area contributed by atoms with Gasteiger partial charge in [0.1, 0.15) is 17.8 Å². The summed E-state index contributed by atoms with van der Waals surface area (Å²) in [7, 11) is 0. The highest BCUT2D eigenvalue weighted by molar-refractivity contribution is 5.78. The number of hydrogen-bond donors (Lipinski definition) is 2. The van der Waals surface area contributed by atoms with Crippen molar-refractivity contribution in [3.63, 3.8) is 0 Å². The minimum atomic E-state index is -0.537. The van der Waals surface area contributed by atoms with Crippen LogP contribution < -0.4 is 10.6 Å². The lowest BCUT2D eigenvalue weighted by molar-refractivity contribution is -0.156. The quantitative estimate of drug-likeness (QED) is 0.103. The van der Waals surface area contributed by atoms with E-state index in [1.54, 1.807) is 0 Å². The lowest BCUT2D eigenvalue weighted by atomic mass is 9.82. The highest BCUT2D eigenvalue weighted by Gasteiger charge is 2.30. The second-order valence-corrected chi connectivity index (χ2v) is 12.8. The molecule has 0 heterocycles. The van der Waals surface area contributed by atoms with E-state index in [2.05, 4.69) is 24.5 Å². The summed E-state index contributed by atoms with van der Waals surface area (Å²) in [5.74, 6) is -0.416. The van der Waals surface area contributed by atoms with Crippen LogP contribution in [0.5, 0.6) is 0 Å². The first kappa shape index (κ1) is 41.0. The van der Waals surface area contributed by atoms with Gasteiger partial charge in [0.25, 0.3) is 0 Å². The number of rotatable bonds is 25. The summed E-state index contributed by atoms with van der Waals surface area (Å²) >= 11 is 0. The zero-order valence-corrected chi connectivity index (χ0v) is 28.4. The van der Waals surface area contributed by atoms with Crippen LogP contribution in [0.3, 0.4) is 0 Å². The van der Waals surface area contributed by atoms with Gasteiger partial charge in [-0.1, -0.05) is 39.5 Å². The minimum absolute atomic E-state index is 0.0311. The Hall–Kier alpha value is -1.95. The van der Waals surface area contributed by atoms with Crippen molar-refractivity contribution in [3.8, 4) is 0 Å². The molecular formula is C32H62N2O9. The largest absolute Gasteiger partial charge is 0.460 e. The van der Waals surface area contributed by atoms with Crippen molar-refractivity contribution in [2.75, 3.05) is 59.4 Å². The Labute approximate surface area is 260 Å². The van der Waals surface area contributed by atoms with E-state index in [0.717, 1.165) is 51.4 Å². The lowest BCUT2D eigenvalue weighted by Crippen LogP contribution is -2.50. The fourth-order valence-electron chi connectivity index (χ4n) is 4.23. The average molecular weight is 619 g/mol. The van der Waals surface area contributed by atoms with E-state index < -0.39 is 17.3 Å². The molecule has 0 bridgehead atoms. The third kappa shape index (κ3) is 26.2. The van der Waals surface area contributed by atoms with Crippen molar-refractivity contribution in [3.05, 3.63) is 0 Å². The van der Waals surface area contributed by atoms with E-state index in [0.29, 0.717) is 52.8 Å². The van der Waals surface area contributed by atoms with E-state index in [1.807, 2.05) is 41.5 Å². The Morgan fingerprint density at radius 2 is 1.07 bits per heavy atom. The molecule has 0 spiro atoms. The molecule has 11 heteroatoms. The molecule has 0 rings (SSSR count). The third-order valence-corrected chi connectivity index (χ3v) is 6.14. The maximum absolute atomic E-state index is 12.8. The van der Waals surface area contributed by atoms with E-state index in [4.69, 9.17) is 28.4 Å². The van der Waals surface area contributed by atoms with Crippen LogP contribution in [-0.2, 0) is 38.0 Å². The molecule has 254 valence electrons. The number of amides is 2. The molecule has 0 unspecified atom stereocenters. The third-order valence-electron chi connectivity index (χ3n) is 6.14. The summed E-state index contributed by atoms with van der Waals surface area (Å²) < 4.78 is 32.5. The number of alkyl carbamates (subject to hydrolysis) is 1. The number of unbranched alkanes of at least 4 members (excludes halogenated alkanes) is 2.